The molecule has 2 aromatic rings. The molecule has 0 radical (unpaired) electrons. The van der Waals surface area contributed by atoms with Gasteiger partial charge in [-0.2, -0.15) is 0 Å². The number of aryl methyl sites for hydroxylation is 1. The van der Waals surface area contributed by atoms with Crippen LogP contribution >= 0.6 is 0 Å². The normalized spacial score (nSPS) is 18.1. The van der Waals surface area contributed by atoms with E-state index in [2.05, 4.69) is 87.1 Å². The van der Waals surface area contributed by atoms with E-state index in [1.807, 2.05) is 6.21 Å². The lowest BCUT2D eigenvalue weighted by molar-refractivity contribution is 0.185. The minimum absolute atomic E-state index is 0.0997. The Morgan fingerprint density at radius 3 is 2.80 bits per heavy atom. The molecule has 4 heteroatoms. The third-order valence-corrected chi connectivity index (χ3v) is 5.84. The topological polar surface area (TPSA) is 45.7 Å². The van der Waals surface area contributed by atoms with E-state index < -0.39 is 0 Å². The molecule has 2 aromatic carbocycles. The molecule has 30 heavy (non-hydrogen) atoms. The van der Waals surface area contributed by atoms with E-state index >= 15 is 0 Å². The maximum absolute atomic E-state index is 5.46. The Balaban J connectivity index is 1.89. The average Bonchev–Trinajstić information content (AvgIpc) is 3.27. The molecule has 0 saturated carbocycles. The third-order valence-electron chi connectivity index (χ3n) is 5.84. The van der Waals surface area contributed by atoms with Gasteiger partial charge in [0, 0.05) is 30.8 Å². The first-order chi connectivity index (χ1) is 14.6. The Kier molecular flexibility index (Phi) is 8.23. The number of hydrazine groups is 1. The number of aliphatic imine (C=N–C) groups is 1. The molecular formula is C26H35N3O. The molecule has 0 spiro atoms. The zero-order chi connectivity index (χ0) is 21.3. The number of rotatable bonds is 9. The van der Waals surface area contributed by atoms with Gasteiger partial charge in [0.25, 0.3) is 0 Å². The number of hydrogen-bond donors (Lipinski definition) is 2. The molecule has 1 fully saturated rings. The lowest BCUT2D eigenvalue weighted by Crippen LogP contribution is -2.28. The second kappa shape index (κ2) is 11.1. The minimum atomic E-state index is 0.0997. The summed E-state index contributed by atoms with van der Waals surface area (Å²) in [5.41, 5.74) is 14.1. The van der Waals surface area contributed by atoms with Crippen molar-refractivity contribution in [3.05, 3.63) is 76.5 Å². The third kappa shape index (κ3) is 5.59. The first kappa shape index (κ1) is 22.3. The number of anilines is 1. The average molecular weight is 406 g/mol. The van der Waals surface area contributed by atoms with Gasteiger partial charge in [-0.05, 0) is 73.9 Å². The molecule has 2 unspecified atom stereocenters. The highest BCUT2D eigenvalue weighted by Crippen LogP contribution is 2.36. The number of benzene rings is 2. The minimum Gasteiger partial charge on any atom is -0.381 e. The van der Waals surface area contributed by atoms with Crippen molar-refractivity contribution >= 4 is 11.9 Å². The highest BCUT2D eigenvalue weighted by Gasteiger charge is 2.21. The van der Waals surface area contributed by atoms with E-state index in [1.165, 1.54) is 22.3 Å². The number of nitrogens with one attached hydrogen (secondary N) is 2. The second-order valence-electron chi connectivity index (χ2n) is 8.02. The van der Waals surface area contributed by atoms with Crippen LogP contribution in [0.25, 0.3) is 0 Å². The van der Waals surface area contributed by atoms with E-state index in [9.17, 15) is 0 Å². The summed E-state index contributed by atoms with van der Waals surface area (Å²) in [5, 5.41) is 0. The van der Waals surface area contributed by atoms with Gasteiger partial charge in [-0.3, -0.25) is 4.99 Å². The smallest absolute Gasteiger partial charge is 0.0512 e. The van der Waals surface area contributed by atoms with E-state index in [1.54, 1.807) is 0 Å². The van der Waals surface area contributed by atoms with Crippen molar-refractivity contribution in [2.45, 2.75) is 46.5 Å². The highest BCUT2D eigenvalue weighted by molar-refractivity contribution is 5.60. The summed E-state index contributed by atoms with van der Waals surface area (Å²) in [4.78, 5) is 4.81. The van der Waals surface area contributed by atoms with Crippen molar-refractivity contribution in [2.75, 3.05) is 25.2 Å². The lowest BCUT2D eigenvalue weighted by Gasteiger charge is -2.23. The Hall–Kier alpha value is -2.43. The van der Waals surface area contributed by atoms with Gasteiger partial charge in [-0.1, -0.05) is 43.3 Å². The Morgan fingerprint density at radius 1 is 1.23 bits per heavy atom. The highest BCUT2D eigenvalue weighted by atomic mass is 16.5. The predicted octanol–water partition coefficient (Wildman–Crippen LogP) is 5.77. The van der Waals surface area contributed by atoms with Crippen LogP contribution in [0.4, 0.5) is 5.69 Å². The van der Waals surface area contributed by atoms with Crippen molar-refractivity contribution in [1.29, 1.82) is 0 Å². The van der Waals surface area contributed by atoms with Crippen molar-refractivity contribution in [3.63, 3.8) is 0 Å². The zero-order valence-electron chi connectivity index (χ0n) is 18.7. The van der Waals surface area contributed by atoms with E-state index in [-0.39, 0.29) is 5.92 Å². The number of nitrogens with zero attached hydrogens (tertiary/aromatic N) is 1. The van der Waals surface area contributed by atoms with Gasteiger partial charge in [0.1, 0.15) is 0 Å². The summed E-state index contributed by atoms with van der Waals surface area (Å²) < 4.78 is 5.46. The first-order valence-corrected chi connectivity index (χ1v) is 11.1. The SMILES string of the molecule is C/C=C(\N=CCC)C(c1cccc(NNCC2CCOC2)c1)c1cccc(C)c1C. The van der Waals surface area contributed by atoms with Crippen molar-refractivity contribution < 1.29 is 4.74 Å². The standard InChI is InChI=1S/C26H35N3O/c1-5-14-27-25(6-2)26(24-12-7-9-19(3)20(24)4)22-10-8-11-23(16-22)29-28-17-21-13-15-30-18-21/h6-12,14,16,21,26,28-29H,5,13,15,17-18H2,1-4H3/b25-6-,27-14?. The fourth-order valence-corrected chi connectivity index (χ4v) is 3.95. The molecule has 1 aliphatic heterocycles. The van der Waals surface area contributed by atoms with E-state index in [0.29, 0.717) is 5.92 Å². The van der Waals surface area contributed by atoms with Gasteiger partial charge in [0.05, 0.1) is 12.5 Å². The molecule has 160 valence electrons. The van der Waals surface area contributed by atoms with Gasteiger partial charge in [0.15, 0.2) is 0 Å². The zero-order valence-corrected chi connectivity index (χ0v) is 18.7. The summed E-state index contributed by atoms with van der Waals surface area (Å²) in [6.07, 6.45) is 6.19. The van der Waals surface area contributed by atoms with Gasteiger partial charge in [-0.15, -0.1) is 0 Å². The molecule has 1 saturated heterocycles. The van der Waals surface area contributed by atoms with Gasteiger partial charge in [0.2, 0.25) is 0 Å². The fourth-order valence-electron chi connectivity index (χ4n) is 3.95. The molecule has 1 heterocycles. The van der Waals surface area contributed by atoms with Crippen LogP contribution in [0.2, 0.25) is 0 Å². The maximum Gasteiger partial charge on any atom is 0.0512 e. The Labute approximate surface area is 181 Å². The number of hydrogen-bond acceptors (Lipinski definition) is 4. The van der Waals surface area contributed by atoms with Crippen LogP contribution in [0.1, 0.15) is 54.9 Å². The van der Waals surface area contributed by atoms with Gasteiger partial charge >= 0.3 is 0 Å². The summed E-state index contributed by atoms with van der Waals surface area (Å²) in [6, 6.07) is 15.2. The van der Waals surface area contributed by atoms with Crippen molar-refractivity contribution in [3.8, 4) is 0 Å². The molecule has 0 aliphatic carbocycles. The van der Waals surface area contributed by atoms with Crippen molar-refractivity contribution in [1.82, 2.24) is 5.43 Å². The number of allylic oxidation sites excluding steroid dienone is 2. The van der Waals surface area contributed by atoms with Gasteiger partial charge in [-0.25, -0.2) is 5.43 Å². The summed E-state index contributed by atoms with van der Waals surface area (Å²) in [6.45, 7) is 11.2. The van der Waals surface area contributed by atoms with Crippen LogP contribution in [0, 0.1) is 19.8 Å². The van der Waals surface area contributed by atoms with Crippen LogP contribution in [0.15, 0.2) is 59.2 Å². The van der Waals surface area contributed by atoms with Crippen LogP contribution in [-0.2, 0) is 4.74 Å². The predicted molar refractivity (Wildman–Crippen MR) is 127 cm³/mol. The molecular weight excluding hydrogens is 370 g/mol. The van der Waals surface area contributed by atoms with Gasteiger partial charge < -0.3 is 10.2 Å². The molecule has 2 atom stereocenters. The van der Waals surface area contributed by atoms with Crippen molar-refractivity contribution in [2.24, 2.45) is 10.9 Å². The molecule has 1 aliphatic rings. The van der Waals surface area contributed by atoms with E-state index in [0.717, 1.165) is 44.0 Å². The monoisotopic (exact) mass is 405 g/mol. The van der Waals surface area contributed by atoms with E-state index in [4.69, 9.17) is 9.73 Å². The van der Waals surface area contributed by atoms with Crippen LogP contribution in [0.5, 0.6) is 0 Å². The first-order valence-electron chi connectivity index (χ1n) is 11.1. The lowest BCUT2D eigenvalue weighted by atomic mass is 9.84. The van der Waals surface area contributed by atoms with Crippen LogP contribution in [-0.4, -0.2) is 26.0 Å². The second-order valence-corrected chi connectivity index (χ2v) is 8.02. The molecule has 3 rings (SSSR count). The number of ether oxygens (including phenoxy) is 1. The molecule has 0 amide bonds. The Bertz CT molecular complexity index is 882. The van der Waals surface area contributed by atoms with Crippen LogP contribution < -0.4 is 10.9 Å². The molecule has 4 nitrogen and oxygen atoms in total. The fraction of sp³-hybridized carbons (Fsp3) is 0.423. The molecule has 0 bridgehead atoms. The summed E-state index contributed by atoms with van der Waals surface area (Å²) >= 11 is 0. The quantitative estimate of drug-likeness (QED) is 0.411. The molecule has 0 aromatic heterocycles. The summed E-state index contributed by atoms with van der Waals surface area (Å²) in [7, 11) is 0. The Morgan fingerprint density at radius 2 is 2.07 bits per heavy atom. The van der Waals surface area contributed by atoms with Crippen LogP contribution in [0.3, 0.4) is 0 Å². The molecule has 2 N–H and O–H groups in total. The largest absolute Gasteiger partial charge is 0.381 e. The maximum atomic E-state index is 5.46. The summed E-state index contributed by atoms with van der Waals surface area (Å²) in [5.74, 6) is 0.684.